The lowest BCUT2D eigenvalue weighted by molar-refractivity contribution is 0.0557. The molecule has 0 N–H and O–H groups in total. The van der Waals surface area contributed by atoms with Crippen LogP contribution in [0, 0.1) is 12.3 Å². The molecule has 2 rings (SSSR count). The molecule has 0 amide bonds. The number of nitrogens with zero attached hydrogens (tertiary/aromatic N) is 1. The van der Waals surface area contributed by atoms with Crippen LogP contribution in [0.4, 0.5) is 0 Å². The predicted octanol–water partition coefficient (Wildman–Crippen LogP) is 2.92. The zero-order valence-corrected chi connectivity index (χ0v) is 10.2. The Morgan fingerprint density at radius 3 is 2.72 bits per heavy atom. The van der Waals surface area contributed by atoms with E-state index >= 15 is 0 Å². The zero-order valence-electron chi connectivity index (χ0n) is 9.47. The molecule has 0 atom stereocenters. The van der Waals surface area contributed by atoms with Crippen molar-refractivity contribution in [3.05, 3.63) is 53.3 Å². The van der Waals surface area contributed by atoms with Gasteiger partial charge in [0.15, 0.2) is 6.61 Å². The summed E-state index contributed by atoms with van der Waals surface area (Å²) in [5, 5.41) is 0.336. The number of carbonyl (C=O) groups is 1. The SMILES string of the molecule is C#CCOC(=O)c1ccc(-n2cccc2)cc1Cl. The maximum Gasteiger partial charge on any atom is 0.340 e. The van der Waals surface area contributed by atoms with Gasteiger partial charge in [-0.25, -0.2) is 4.79 Å². The van der Waals surface area contributed by atoms with Gasteiger partial charge in [0.05, 0.1) is 10.6 Å². The molecule has 0 aliphatic heterocycles. The summed E-state index contributed by atoms with van der Waals surface area (Å²) in [6.07, 6.45) is 8.80. The van der Waals surface area contributed by atoms with E-state index in [4.69, 9.17) is 22.8 Å². The molecule has 1 heterocycles. The number of hydrogen-bond donors (Lipinski definition) is 0. The number of aromatic nitrogens is 1. The van der Waals surface area contributed by atoms with E-state index in [9.17, 15) is 4.79 Å². The maximum atomic E-state index is 11.6. The van der Waals surface area contributed by atoms with E-state index in [1.807, 2.05) is 29.1 Å². The summed E-state index contributed by atoms with van der Waals surface area (Å²) in [6.45, 7) is -0.0610. The van der Waals surface area contributed by atoms with Gasteiger partial charge >= 0.3 is 5.97 Å². The lowest BCUT2D eigenvalue weighted by Crippen LogP contribution is -2.06. The minimum atomic E-state index is -0.517. The number of benzene rings is 1. The first-order valence-electron chi connectivity index (χ1n) is 5.26. The molecule has 4 heteroatoms. The van der Waals surface area contributed by atoms with Gasteiger partial charge in [0.2, 0.25) is 0 Å². The molecular formula is C14H10ClNO2. The topological polar surface area (TPSA) is 31.2 Å². The van der Waals surface area contributed by atoms with Crippen LogP contribution >= 0.6 is 11.6 Å². The van der Waals surface area contributed by atoms with E-state index in [0.29, 0.717) is 10.6 Å². The van der Waals surface area contributed by atoms with Crippen molar-refractivity contribution in [2.24, 2.45) is 0 Å². The van der Waals surface area contributed by atoms with Crippen molar-refractivity contribution >= 4 is 17.6 Å². The van der Waals surface area contributed by atoms with Gasteiger partial charge < -0.3 is 9.30 Å². The highest BCUT2D eigenvalue weighted by molar-refractivity contribution is 6.33. The van der Waals surface area contributed by atoms with Crippen LogP contribution in [0.3, 0.4) is 0 Å². The molecule has 90 valence electrons. The molecule has 0 aliphatic carbocycles. The van der Waals surface area contributed by atoms with Crippen LogP contribution in [0.25, 0.3) is 5.69 Å². The Bertz CT molecular complexity index is 597. The van der Waals surface area contributed by atoms with Crippen molar-refractivity contribution in [3.8, 4) is 18.0 Å². The van der Waals surface area contributed by atoms with Crippen LogP contribution < -0.4 is 0 Å². The van der Waals surface area contributed by atoms with Crippen molar-refractivity contribution in [1.82, 2.24) is 4.57 Å². The van der Waals surface area contributed by atoms with Crippen molar-refractivity contribution in [2.75, 3.05) is 6.61 Å². The molecule has 0 radical (unpaired) electrons. The highest BCUT2D eigenvalue weighted by atomic mass is 35.5. The second kappa shape index (κ2) is 5.44. The fourth-order valence-corrected chi connectivity index (χ4v) is 1.77. The Balaban J connectivity index is 2.26. The van der Waals surface area contributed by atoms with Crippen LogP contribution in [-0.2, 0) is 4.74 Å². The highest BCUT2D eigenvalue weighted by Gasteiger charge is 2.12. The first-order chi connectivity index (χ1) is 8.72. The van der Waals surface area contributed by atoms with Crippen LogP contribution in [0.15, 0.2) is 42.7 Å². The molecular weight excluding hydrogens is 250 g/mol. The van der Waals surface area contributed by atoms with Gasteiger partial charge in [0.25, 0.3) is 0 Å². The van der Waals surface area contributed by atoms with Crippen LogP contribution in [0.1, 0.15) is 10.4 Å². The second-order valence-corrected chi connectivity index (χ2v) is 3.94. The summed E-state index contributed by atoms with van der Waals surface area (Å²) in [5.74, 6) is 1.71. The zero-order chi connectivity index (χ0) is 13.0. The third kappa shape index (κ3) is 2.55. The first-order valence-corrected chi connectivity index (χ1v) is 5.63. The van der Waals surface area contributed by atoms with E-state index < -0.39 is 5.97 Å². The number of esters is 1. The second-order valence-electron chi connectivity index (χ2n) is 3.53. The highest BCUT2D eigenvalue weighted by Crippen LogP contribution is 2.21. The number of terminal acetylenes is 1. The molecule has 0 aliphatic rings. The summed E-state index contributed by atoms with van der Waals surface area (Å²) in [7, 11) is 0. The largest absolute Gasteiger partial charge is 0.449 e. The predicted molar refractivity (Wildman–Crippen MR) is 69.9 cm³/mol. The fraction of sp³-hybridized carbons (Fsp3) is 0.0714. The molecule has 0 saturated carbocycles. The van der Waals surface area contributed by atoms with Crippen LogP contribution in [0.5, 0.6) is 0 Å². The Morgan fingerprint density at radius 1 is 1.39 bits per heavy atom. The number of rotatable bonds is 3. The normalized spacial score (nSPS) is 9.78. The monoisotopic (exact) mass is 259 g/mol. The van der Waals surface area contributed by atoms with E-state index in [2.05, 4.69) is 5.92 Å². The standard InChI is InChI=1S/C14H10ClNO2/c1-2-9-18-14(17)12-6-5-11(10-13(12)15)16-7-3-4-8-16/h1,3-8,10H,9H2. The van der Waals surface area contributed by atoms with Gasteiger partial charge in [0.1, 0.15) is 0 Å². The van der Waals surface area contributed by atoms with E-state index in [1.54, 1.807) is 18.2 Å². The molecule has 2 aromatic rings. The quantitative estimate of drug-likeness (QED) is 0.627. The summed E-state index contributed by atoms with van der Waals surface area (Å²) >= 11 is 6.05. The number of carbonyl (C=O) groups excluding carboxylic acids is 1. The van der Waals surface area contributed by atoms with Gasteiger partial charge in [-0.2, -0.15) is 0 Å². The molecule has 18 heavy (non-hydrogen) atoms. The average Bonchev–Trinajstić information content (AvgIpc) is 2.89. The molecule has 0 bridgehead atoms. The molecule has 1 aromatic heterocycles. The number of halogens is 1. The van der Waals surface area contributed by atoms with E-state index in [0.717, 1.165) is 5.69 Å². The van der Waals surface area contributed by atoms with E-state index in [1.165, 1.54) is 0 Å². The van der Waals surface area contributed by atoms with Gasteiger partial charge in [-0.05, 0) is 30.3 Å². The number of hydrogen-bond acceptors (Lipinski definition) is 2. The fourth-order valence-electron chi connectivity index (χ4n) is 1.52. The molecule has 0 unspecified atom stereocenters. The van der Waals surface area contributed by atoms with Gasteiger partial charge in [0, 0.05) is 18.1 Å². The van der Waals surface area contributed by atoms with Gasteiger partial charge in [-0.1, -0.05) is 17.5 Å². The molecule has 0 fully saturated rings. The maximum absolute atomic E-state index is 11.6. The molecule has 1 aromatic carbocycles. The van der Waals surface area contributed by atoms with Crippen molar-refractivity contribution < 1.29 is 9.53 Å². The van der Waals surface area contributed by atoms with Crippen molar-refractivity contribution in [1.29, 1.82) is 0 Å². The summed E-state index contributed by atoms with van der Waals surface area (Å²) in [5.41, 5.74) is 1.18. The van der Waals surface area contributed by atoms with Crippen LogP contribution in [0.2, 0.25) is 5.02 Å². The van der Waals surface area contributed by atoms with Crippen molar-refractivity contribution in [3.63, 3.8) is 0 Å². The number of ether oxygens (including phenoxy) is 1. The molecule has 3 nitrogen and oxygen atoms in total. The molecule has 0 saturated heterocycles. The average molecular weight is 260 g/mol. The van der Waals surface area contributed by atoms with Crippen LogP contribution in [-0.4, -0.2) is 17.1 Å². The first kappa shape index (κ1) is 12.3. The summed E-state index contributed by atoms with van der Waals surface area (Å²) < 4.78 is 6.71. The van der Waals surface area contributed by atoms with E-state index in [-0.39, 0.29) is 6.61 Å². The minimum absolute atomic E-state index is 0.0610. The smallest absolute Gasteiger partial charge is 0.340 e. The lowest BCUT2D eigenvalue weighted by Gasteiger charge is -2.07. The van der Waals surface area contributed by atoms with Gasteiger partial charge in [-0.15, -0.1) is 6.42 Å². The minimum Gasteiger partial charge on any atom is -0.449 e. The molecule has 0 spiro atoms. The van der Waals surface area contributed by atoms with Gasteiger partial charge in [-0.3, -0.25) is 0 Å². The Labute approximate surface area is 110 Å². The Hall–Kier alpha value is -2.18. The summed E-state index contributed by atoms with van der Waals surface area (Å²) in [4.78, 5) is 11.6. The Kier molecular flexibility index (Phi) is 3.71. The third-order valence-electron chi connectivity index (χ3n) is 2.36. The summed E-state index contributed by atoms with van der Waals surface area (Å²) in [6, 6.07) is 8.93. The third-order valence-corrected chi connectivity index (χ3v) is 2.67. The Morgan fingerprint density at radius 2 is 2.11 bits per heavy atom. The lowest BCUT2D eigenvalue weighted by atomic mass is 10.2. The van der Waals surface area contributed by atoms with Crippen molar-refractivity contribution in [2.45, 2.75) is 0 Å².